The molecule has 0 aliphatic carbocycles. The van der Waals surface area contributed by atoms with Crippen LogP contribution in [0.15, 0.2) is 64.0 Å². The van der Waals surface area contributed by atoms with Crippen molar-refractivity contribution in [3.63, 3.8) is 0 Å². The number of benzene rings is 2. The first-order valence-electron chi connectivity index (χ1n) is 12.0. The third-order valence-corrected chi connectivity index (χ3v) is 7.10. The molecule has 0 spiro atoms. The second-order valence-corrected chi connectivity index (χ2v) is 9.88. The second-order valence-electron chi connectivity index (χ2n) is 8.88. The van der Waals surface area contributed by atoms with Gasteiger partial charge >= 0.3 is 12.2 Å². The van der Waals surface area contributed by atoms with E-state index in [4.69, 9.17) is 4.42 Å². The Kier molecular flexibility index (Phi) is 6.42. The number of alkyl halides is 3. The Morgan fingerprint density at radius 1 is 1.00 bits per heavy atom. The second kappa shape index (κ2) is 10.1. The molecule has 0 radical (unpaired) electrons. The minimum absolute atomic E-state index is 0.0241. The van der Waals surface area contributed by atoms with Gasteiger partial charge in [-0.05, 0) is 6.07 Å². The summed E-state index contributed by atoms with van der Waals surface area (Å²) in [5, 5.41) is 17.7. The van der Waals surface area contributed by atoms with E-state index in [0.29, 0.717) is 28.3 Å². The minimum atomic E-state index is -4.71. The Morgan fingerprint density at radius 2 is 1.77 bits per heavy atom. The van der Waals surface area contributed by atoms with E-state index in [0.717, 1.165) is 5.56 Å². The lowest BCUT2D eigenvalue weighted by Gasteiger charge is -2.11. The van der Waals surface area contributed by atoms with Gasteiger partial charge in [-0.2, -0.15) is 13.2 Å². The lowest BCUT2D eigenvalue weighted by atomic mass is 10.0. The molecule has 204 valence electrons. The minimum Gasteiger partial charge on any atom is -0.402 e. The highest BCUT2D eigenvalue weighted by Crippen LogP contribution is 2.41. The molecular formula is C25H19F3N8O3S. The van der Waals surface area contributed by atoms with E-state index >= 15 is 0 Å². The molecule has 1 saturated heterocycles. The van der Waals surface area contributed by atoms with Gasteiger partial charge in [0.1, 0.15) is 5.00 Å². The Balaban J connectivity index is 1.31. The van der Waals surface area contributed by atoms with Crippen LogP contribution in [0.2, 0.25) is 0 Å². The van der Waals surface area contributed by atoms with Crippen LogP contribution in [0.3, 0.4) is 0 Å². The molecule has 4 heterocycles. The van der Waals surface area contributed by atoms with Crippen molar-refractivity contribution in [2.24, 2.45) is 4.99 Å². The lowest BCUT2D eigenvalue weighted by Crippen LogP contribution is -2.32. The van der Waals surface area contributed by atoms with Gasteiger partial charge in [-0.1, -0.05) is 65.0 Å². The van der Waals surface area contributed by atoms with Crippen LogP contribution in [0.25, 0.3) is 11.6 Å². The number of nitrogens with one attached hydrogen (secondary N) is 4. The summed E-state index contributed by atoms with van der Waals surface area (Å²) in [7, 11) is 0. The quantitative estimate of drug-likeness (QED) is 0.275. The molecule has 15 heteroatoms. The average molecular weight is 569 g/mol. The molecule has 4 aromatic rings. The summed E-state index contributed by atoms with van der Waals surface area (Å²) in [4.78, 5) is 32.9. The number of hydrogen-bond donors (Lipinski definition) is 4. The molecule has 0 unspecified atom stereocenters. The Hall–Kier alpha value is -4.79. The fraction of sp³-hybridized carbons (Fsp3) is 0.200. The molecule has 2 atom stereocenters. The van der Waals surface area contributed by atoms with Crippen LogP contribution < -0.4 is 21.3 Å². The van der Waals surface area contributed by atoms with Gasteiger partial charge in [-0.15, -0.1) is 5.10 Å². The largest absolute Gasteiger partial charge is 0.443 e. The molecule has 11 nitrogen and oxygen atoms in total. The number of hydrogen-bond acceptors (Lipinski definition) is 10. The van der Waals surface area contributed by atoms with E-state index in [9.17, 15) is 22.8 Å². The number of aliphatic imine (C=N–C) groups is 1. The first-order valence-corrected chi connectivity index (χ1v) is 12.8. The van der Waals surface area contributed by atoms with Crippen molar-refractivity contribution in [1.29, 1.82) is 0 Å². The molecule has 40 heavy (non-hydrogen) atoms. The molecule has 0 saturated carbocycles. The summed E-state index contributed by atoms with van der Waals surface area (Å²) in [6.07, 6.45) is -5.82. The van der Waals surface area contributed by atoms with Crippen molar-refractivity contribution in [3.05, 3.63) is 70.7 Å². The molecule has 4 N–H and O–H groups in total. The third-order valence-electron chi connectivity index (χ3n) is 6.06. The molecule has 6 rings (SSSR count). The lowest BCUT2D eigenvalue weighted by molar-refractivity contribution is -0.137. The van der Waals surface area contributed by atoms with Crippen LogP contribution in [0, 0.1) is 0 Å². The molecule has 2 aliphatic heterocycles. The summed E-state index contributed by atoms with van der Waals surface area (Å²) in [6, 6.07) is 15.8. The molecule has 2 aromatic carbocycles. The maximum absolute atomic E-state index is 13.5. The first kappa shape index (κ1) is 25.5. The summed E-state index contributed by atoms with van der Waals surface area (Å²) in [6.45, 7) is 0.245. The van der Waals surface area contributed by atoms with Crippen LogP contribution in [-0.4, -0.2) is 51.5 Å². The van der Waals surface area contributed by atoms with Crippen molar-refractivity contribution in [1.82, 2.24) is 20.5 Å². The van der Waals surface area contributed by atoms with Gasteiger partial charge in [0.15, 0.2) is 5.69 Å². The fourth-order valence-electron chi connectivity index (χ4n) is 4.25. The molecule has 2 aliphatic rings. The van der Waals surface area contributed by atoms with Crippen LogP contribution >= 0.6 is 11.3 Å². The predicted octanol–water partition coefficient (Wildman–Crippen LogP) is 3.74. The van der Waals surface area contributed by atoms with Gasteiger partial charge < -0.3 is 25.7 Å². The number of thiazole rings is 1. The van der Waals surface area contributed by atoms with E-state index in [1.165, 1.54) is 0 Å². The van der Waals surface area contributed by atoms with Crippen LogP contribution in [0.5, 0.6) is 0 Å². The maximum Gasteiger partial charge on any atom is 0.443 e. The predicted molar refractivity (Wildman–Crippen MR) is 140 cm³/mol. The van der Waals surface area contributed by atoms with Gasteiger partial charge in [-0.3, -0.25) is 9.59 Å². The number of rotatable bonds is 6. The summed E-state index contributed by atoms with van der Waals surface area (Å²) < 4.78 is 46.0. The standard InChI is InChI=1S/C25H19F3N8O3S/c26-25(27,28)23-33-18(22(40-23)30-13-10-16(37)29-11-13)21-35-36-24(39-21)34-19-20(38)31-15-9-5-4-8-14(15)17(32-19)12-6-2-1-3-7-12/h1-9,13,19,30H,10-11H2,(H,29,37)(H,31,38)(H,34,36)/t13-,19-/m1/s1. The van der Waals surface area contributed by atoms with E-state index < -0.39 is 29.3 Å². The number of benzodiazepines with no additional fused rings is 1. The highest BCUT2D eigenvalue weighted by atomic mass is 32.1. The van der Waals surface area contributed by atoms with E-state index in [2.05, 4.69) is 41.4 Å². The summed E-state index contributed by atoms with van der Waals surface area (Å²) >= 11 is 0.368. The number of aromatic nitrogens is 3. The van der Waals surface area contributed by atoms with Crippen molar-refractivity contribution in [2.45, 2.75) is 24.8 Å². The normalized spacial score (nSPS) is 18.8. The maximum atomic E-state index is 13.5. The molecule has 0 bridgehead atoms. The zero-order valence-corrected chi connectivity index (χ0v) is 21.1. The van der Waals surface area contributed by atoms with Gasteiger partial charge in [-0.25, -0.2) is 9.98 Å². The van der Waals surface area contributed by atoms with Crippen LogP contribution in [0.4, 0.5) is 29.9 Å². The Labute approximate surface area is 227 Å². The Morgan fingerprint density at radius 3 is 2.52 bits per heavy atom. The third kappa shape index (κ3) is 5.10. The zero-order chi connectivity index (χ0) is 27.9. The number of amides is 2. The molecular weight excluding hydrogens is 549 g/mol. The smallest absolute Gasteiger partial charge is 0.402 e. The topological polar surface area (TPSA) is 146 Å². The molecule has 2 amide bonds. The molecule has 2 aromatic heterocycles. The number of anilines is 3. The SMILES string of the molecule is O=C1C[C@@H](Nc2sc(C(F)(F)F)nc2-c2nnc(N[C@H]3N=C(c4ccccc4)c4ccccc4NC3=O)o2)CN1. The first-order chi connectivity index (χ1) is 19.2. The highest BCUT2D eigenvalue weighted by Gasteiger charge is 2.38. The van der Waals surface area contributed by atoms with Crippen molar-refractivity contribution >= 4 is 45.6 Å². The van der Waals surface area contributed by atoms with Gasteiger partial charge in [0.2, 0.25) is 17.1 Å². The number of nitrogens with zero attached hydrogens (tertiary/aromatic N) is 4. The highest BCUT2D eigenvalue weighted by molar-refractivity contribution is 7.16. The molecule has 1 fully saturated rings. The van der Waals surface area contributed by atoms with E-state index in [-0.39, 0.29) is 41.5 Å². The fourth-order valence-corrected chi connectivity index (χ4v) is 5.15. The number of carbonyl (C=O) groups is 2. The van der Waals surface area contributed by atoms with Crippen LogP contribution in [0.1, 0.15) is 22.6 Å². The van der Waals surface area contributed by atoms with Gasteiger partial charge in [0, 0.05) is 24.1 Å². The van der Waals surface area contributed by atoms with Gasteiger partial charge in [0.05, 0.1) is 17.4 Å². The van der Waals surface area contributed by atoms with Crippen molar-refractivity contribution in [2.75, 3.05) is 22.5 Å². The zero-order valence-electron chi connectivity index (χ0n) is 20.3. The Bertz CT molecular complexity index is 1620. The van der Waals surface area contributed by atoms with Gasteiger partial charge in [0.25, 0.3) is 11.8 Å². The summed E-state index contributed by atoms with van der Waals surface area (Å²) in [5.41, 5.74) is 2.34. The summed E-state index contributed by atoms with van der Waals surface area (Å²) in [5.74, 6) is -1.03. The monoisotopic (exact) mass is 568 g/mol. The number of para-hydroxylation sites is 1. The number of fused-ring (bicyclic) bond motifs is 1. The average Bonchev–Trinajstić information content (AvgIpc) is 3.65. The van der Waals surface area contributed by atoms with Crippen molar-refractivity contribution < 1.29 is 27.2 Å². The van der Waals surface area contributed by atoms with Crippen molar-refractivity contribution in [3.8, 4) is 11.6 Å². The number of halogens is 3. The van der Waals surface area contributed by atoms with E-state index in [1.807, 2.05) is 42.5 Å². The van der Waals surface area contributed by atoms with Crippen LogP contribution in [-0.2, 0) is 15.8 Å². The number of carbonyl (C=O) groups excluding carboxylic acids is 2. The van der Waals surface area contributed by atoms with E-state index in [1.54, 1.807) is 12.1 Å².